The number of thioether (sulfide) groups is 1. The summed E-state index contributed by atoms with van der Waals surface area (Å²) in [5.41, 5.74) is 0.434. The van der Waals surface area contributed by atoms with Crippen LogP contribution in [0.4, 0.5) is 13.2 Å². The number of halogens is 3. The molecule has 0 saturated carbocycles. The van der Waals surface area contributed by atoms with Gasteiger partial charge in [-0.2, -0.15) is 24.9 Å². The maximum absolute atomic E-state index is 12.4. The summed E-state index contributed by atoms with van der Waals surface area (Å²) in [4.78, 5) is 0. The second-order valence-corrected chi connectivity index (χ2v) is 8.59. The molecule has 22 heavy (non-hydrogen) atoms. The highest BCUT2D eigenvalue weighted by Crippen LogP contribution is 2.29. The second kappa shape index (κ2) is 8.85. The molecule has 0 spiro atoms. The predicted octanol–water partition coefficient (Wildman–Crippen LogP) is 6.73. The number of alkyl halides is 3. The number of hydrogen-bond donors (Lipinski definition) is 0. The number of aryl methyl sites for hydroxylation is 1. The minimum absolute atomic E-state index is 0.350. The van der Waals surface area contributed by atoms with Crippen LogP contribution in [-0.2, 0) is 12.6 Å². The molecule has 0 saturated heterocycles. The van der Waals surface area contributed by atoms with Gasteiger partial charge in [0.25, 0.3) is 0 Å². The quantitative estimate of drug-likeness (QED) is 0.476. The highest BCUT2D eigenvalue weighted by Gasteiger charge is 2.29. The number of unbranched alkanes of at least 4 members (excludes halogenated alkanes) is 4. The van der Waals surface area contributed by atoms with E-state index in [1.165, 1.54) is 37.1 Å². The molecule has 0 atom stereocenters. The normalized spacial score (nSPS) is 12.6. The monoisotopic (exact) mass is 332 g/mol. The van der Waals surface area contributed by atoms with Crippen molar-refractivity contribution in [1.82, 2.24) is 0 Å². The van der Waals surface area contributed by atoms with Gasteiger partial charge < -0.3 is 0 Å². The molecule has 0 aliphatic rings. The first-order valence-corrected chi connectivity index (χ1v) is 8.97. The van der Waals surface area contributed by atoms with Crippen molar-refractivity contribution in [2.45, 2.75) is 70.2 Å². The van der Waals surface area contributed by atoms with Crippen molar-refractivity contribution in [2.75, 3.05) is 5.75 Å². The third-order valence-corrected chi connectivity index (χ3v) is 4.78. The predicted molar refractivity (Wildman–Crippen MR) is 90.4 cm³/mol. The molecule has 0 N–H and O–H groups in total. The van der Waals surface area contributed by atoms with Crippen LogP contribution in [0.25, 0.3) is 0 Å². The minimum atomic E-state index is -4.23. The standard InChI is InChI=1S/C18H27F3S/c1-17(2,3)22-14-8-6-4-5-7-9-15-10-12-16(13-11-15)18(19,20)21/h10-13H,4-9,14H2,1-3H3. The van der Waals surface area contributed by atoms with E-state index in [1.807, 2.05) is 11.8 Å². The third kappa shape index (κ3) is 8.72. The molecule has 126 valence electrons. The lowest BCUT2D eigenvalue weighted by molar-refractivity contribution is -0.137. The summed E-state index contributed by atoms with van der Waals surface area (Å²) in [6.07, 6.45) is 2.56. The Morgan fingerprint density at radius 3 is 1.91 bits per heavy atom. The smallest absolute Gasteiger partial charge is 0.166 e. The van der Waals surface area contributed by atoms with Gasteiger partial charge in [0.05, 0.1) is 5.56 Å². The first kappa shape index (κ1) is 19.4. The number of rotatable bonds is 8. The fraction of sp³-hybridized carbons (Fsp3) is 0.667. The van der Waals surface area contributed by atoms with Crippen LogP contribution in [0.1, 0.15) is 64.0 Å². The van der Waals surface area contributed by atoms with E-state index in [-0.39, 0.29) is 0 Å². The Balaban J connectivity index is 2.10. The molecule has 0 aliphatic heterocycles. The highest BCUT2D eigenvalue weighted by atomic mass is 32.2. The topological polar surface area (TPSA) is 0 Å². The highest BCUT2D eigenvalue weighted by molar-refractivity contribution is 8.00. The molecule has 1 aromatic rings. The Hall–Kier alpha value is -0.640. The second-order valence-electron chi connectivity index (χ2n) is 6.67. The Bertz CT molecular complexity index is 415. The van der Waals surface area contributed by atoms with Gasteiger partial charge in [-0.25, -0.2) is 0 Å². The van der Waals surface area contributed by atoms with Gasteiger partial charge in [0.1, 0.15) is 0 Å². The molecule has 0 aliphatic carbocycles. The van der Waals surface area contributed by atoms with Crippen LogP contribution in [-0.4, -0.2) is 10.5 Å². The van der Waals surface area contributed by atoms with Crippen molar-refractivity contribution in [1.29, 1.82) is 0 Å². The van der Waals surface area contributed by atoms with E-state index in [2.05, 4.69) is 20.8 Å². The van der Waals surface area contributed by atoms with Crippen molar-refractivity contribution in [3.8, 4) is 0 Å². The van der Waals surface area contributed by atoms with Crippen molar-refractivity contribution >= 4 is 11.8 Å². The van der Waals surface area contributed by atoms with Crippen LogP contribution in [0.3, 0.4) is 0 Å². The lowest BCUT2D eigenvalue weighted by Gasteiger charge is -2.17. The summed E-state index contributed by atoms with van der Waals surface area (Å²) >= 11 is 2.01. The molecule has 0 amide bonds. The van der Waals surface area contributed by atoms with E-state index in [4.69, 9.17) is 0 Å². The lowest BCUT2D eigenvalue weighted by atomic mass is 10.0. The van der Waals surface area contributed by atoms with E-state index >= 15 is 0 Å². The zero-order valence-electron chi connectivity index (χ0n) is 13.8. The van der Waals surface area contributed by atoms with Crippen LogP contribution in [0, 0.1) is 0 Å². The molecular weight excluding hydrogens is 305 g/mol. The zero-order chi connectivity index (χ0) is 16.6. The minimum Gasteiger partial charge on any atom is -0.166 e. The Morgan fingerprint density at radius 1 is 0.818 bits per heavy atom. The largest absolute Gasteiger partial charge is 0.416 e. The Morgan fingerprint density at radius 2 is 1.36 bits per heavy atom. The first-order chi connectivity index (χ1) is 10.2. The van der Waals surface area contributed by atoms with E-state index < -0.39 is 11.7 Å². The van der Waals surface area contributed by atoms with Gasteiger partial charge in [-0.1, -0.05) is 52.2 Å². The van der Waals surface area contributed by atoms with Gasteiger partial charge in [0, 0.05) is 4.75 Å². The molecule has 0 bridgehead atoms. The fourth-order valence-corrected chi connectivity index (χ4v) is 3.16. The maximum atomic E-state index is 12.4. The van der Waals surface area contributed by atoms with Crippen LogP contribution in [0.15, 0.2) is 24.3 Å². The molecule has 1 rings (SSSR count). The summed E-state index contributed by atoms with van der Waals surface area (Å²) in [6, 6.07) is 5.56. The van der Waals surface area contributed by atoms with Gasteiger partial charge in [-0.3, -0.25) is 0 Å². The SMILES string of the molecule is CC(C)(C)SCCCCCCCc1ccc(C(F)(F)F)cc1. The van der Waals surface area contributed by atoms with Gasteiger partial charge in [-0.15, -0.1) is 0 Å². The summed E-state index contributed by atoms with van der Waals surface area (Å²) in [7, 11) is 0. The summed E-state index contributed by atoms with van der Waals surface area (Å²) in [5, 5.41) is 0. The van der Waals surface area contributed by atoms with Gasteiger partial charge in [0.15, 0.2) is 0 Å². The van der Waals surface area contributed by atoms with Gasteiger partial charge >= 0.3 is 6.18 Å². The van der Waals surface area contributed by atoms with Crippen molar-refractivity contribution in [3.05, 3.63) is 35.4 Å². The molecule has 0 unspecified atom stereocenters. The van der Waals surface area contributed by atoms with E-state index in [0.717, 1.165) is 24.8 Å². The number of benzene rings is 1. The molecule has 0 radical (unpaired) electrons. The van der Waals surface area contributed by atoms with Crippen molar-refractivity contribution in [2.24, 2.45) is 0 Å². The number of hydrogen-bond acceptors (Lipinski definition) is 1. The van der Waals surface area contributed by atoms with Gasteiger partial charge in [0.2, 0.25) is 0 Å². The summed E-state index contributed by atoms with van der Waals surface area (Å²) < 4.78 is 37.7. The van der Waals surface area contributed by atoms with Crippen LogP contribution < -0.4 is 0 Å². The van der Waals surface area contributed by atoms with Gasteiger partial charge in [-0.05, 0) is 42.7 Å². The maximum Gasteiger partial charge on any atom is 0.416 e. The molecule has 4 heteroatoms. The molecule has 1 aromatic carbocycles. The lowest BCUT2D eigenvalue weighted by Crippen LogP contribution is -2.08. The average Bonchev–Trinajstić information content (AvgIpc) is 2.40. The summed E-state index contributed by atoms with van der Waals surface area (Å²) in [6.45, 7) is 6.71. The Labute approximate surface area is 136 Å². The molecule has 0 nitrogen and oxygen atoms in total. The van der Waals surface area contributed by atoms with Crippen LogP contribution in [0.5, 0.6) is 0 Å². The van der Waals surface area contributed by atoms with E-state index in [9.17, 15) is 13.2 Å². The molecule has 0 aromatic heterocycles. The average molecular weight is 332 g/mol. The van der Waals surface area contributed by atoms with Crippen LogP contribution in [0.2, 0.25) is 0 Å². The third-order valence-electron chi connectivity index (χ3n) is 3.43. The first-order valence-electron chi connectivity index (χ1n) is 7.98. The Kier molecular flexibility index (Phi) is 7.81. The van der Waals surface area contributed by atoms with Crippen LogP contribution >= 0.6 is 11.8 Å². The summed E-state index contributed by atoms with van der Waals surface area (Å²) in [5.74, 6) is 1.21. The fourth-order valence-electron chi connectivity index (χ4n) is 2.20. The zero-order valence-corrected chi connectivity index (χ0v) is 14.6. The molecular formula is C18H27F3S. The molecule has 0 heterocycles. The van der Waals surface area contributed by atoms with E-state index in [0.29, 0.717) is 4.75 Å². The van der Waals surface area contributed by atoms with Crippen molar-refractivity contribution < 1.29 is 13.2 Å². The van der Waals surface area contributed by atoms with E-state index in [1.54, 1.807) is 12.1 Å². The van der Waals surface area contributed by atoms with Crippen molar-refractivity contribution in [3.63, 3.8) is 0 Å². The molecule has 0 fully saturated rings.